The van der Waals surface area contributed by atoms with Crippen molar-refractivity contribution in [2.75, 3.05) is 0 Å². The number of rotatable bonds is 4. The van der Waals surface area contributed by atoms with E-state index in [0.717, 1.165) is 35.0 Å². The summed E-state index contributed by atoms with van der Waals surface area (Å²) < 4.78 is 1.82. The third kappa shape index (κ3) is 3.21. The molecule has 1 N–H and O–H groups in total. The van der Waals surface area contributed by atoms with Crippen LogP contribution in [0.15, 0.2) is 48.5 Å². The highest BCUT2D eigenvalue weighted by molar-refractivity contribution is 6.31. The first-order valence-corrected chi connectivity index (χ1v) is 9.55. The van der Waals surface area contributed by atoms with Gasteiger partial charge in [0.2, 0.25) is 5.91 Å². The third-order valence-electron chi connectivity index (χ3n) is 5.16. The number of hydrogen-bond acceptors (Lipinski definition) is 2. The van der Waals surface area contributed by atoms with Gasteiger partial charge in [-0.1, -0.05) is 54.8 Å². The minimum Gasteiger partial charge on any atom is -0.352 e. The quantitative estimate of drug-likeness (QED) is 0.707. The summed E-state index contributed by atoms with van der Waals surface area (Å²) >= 11 is 6.23. The Bertz CT molecular complexity index is 929. The zero-order chi connectivity index (χ0) is 18.1. The monoisotopic (exact) mass is 367 g/mol. The Morgan fingerprint density at radius 3 is 2.65 bits per heavy atom. The molecule has 4 rings (SSSR count). The average Bonchev–Trinajstić information content (AvgIpc) is 3.29. The van der Waals surface area contributed by atoms with E-state index in [4.69, 9.17) is 16.7 Å². The second kappa shape index (κ2) is 7.12. The summed E-state index contributed by atoms with van der Waals surface area (Å²) in [6.07, 6.45) is 4.54. The van der Waals surface area contributed by atoms with Crippen LogP contribution in [0.4, 0.5) is 0 Å². The molecule has 1 amide bonds. The van der Waals surface area contributed by atoms with Gasteiger partial charge in [0, 0.05) is 22.0 Å². The lowest BCUT2D eigenvalue weighted by Crippen LogP contribution is -2.37. The van der Waals surface area contributed by atoms with Gasteiger partial charge in [0.1, 0.15) is 11.7 Å². The predicted octanol–water partition coefficient (Wildman–Crippen LogP) is 4.98. The maximum absolute atomic E-state index is 12.8. The fourth-order valence-electron chi connectivity index (χ4n) is 3.72. The van der Waals surface area contributed by atoms with Crippen LogP contribution in [0.25, 0.3) is 22.2 Å². The molecule has 0 radical (unpaired) electrons. The lowest BCUT2D eigenvalue weighted by Gasteiger charge is -2.17. The van der Waals surface area contributed by atoms with Crippen LogP contribution in [0.5, 0.6) is 0 Å². The van der Waals surface area contributed by atoms with Gasteiger partial charge in [-0.15, -0.1) is 0 Å². The van der Waals surface area contributed by atoms with Gasteiger partial charge in [-0.3, -0.25) is 9.48 Å². The van der Waals surface area contributed by atoms with E-state index in [-0.39, 0.29) is 11.9 Å². The van der Waals surface area contributed by atoms with E-state index in [0.29, 0.717) is 11.1 Å². The Labute approximate surface area is 158 Å². The number of aromatic nitrogens is 2. The van der Waals surface area contributed by atoms with Crippen molar-refractivity contribution in [2.45, 2.75) is 44.7 Å². The molecule has 0 aliphatic heterocycles. The predicted molar refractivity (Wildman–Crippen MR) is 105 cm³/mol. The van der Waals surface area contributed by atoms with Gasteiger partial charge in [0.15, 0.2) is 0 Å². The second-order valence-electron chi connectivity index (χ2n) is 6.99. The van der Waals surface area contributed by atoms with Crippen LogP contribution in [0.3, 0.4) is 0 Å². The van der Waals surface area contributed by atoms with Crippen LogP contribution in [-0.4, -0.2) is 21.7 Å². The Balaban J connectivity index is 1.74. The number of amides is 1. The molecule has 1 heterocycles. The van der Waals surface area contributed by atoms with Crippen molar-refractivity contribution < 1.29 is 4.79 Å². The lowest BCUT2D eigenvalue weighted by molar-refractivity contribution is -0.124. The van der Waals surface area contributed by atoms with Crippen LogP contribution in [0.1, 0.15) is 38.6 Å². The van der Waals surface area contributed by atoms with Crippen molar-refractivity contribution in [2.24, 2.45) is 0 Å². The topological polar surface area (TPSA) is 46.9 Å². The fraction of sp³-hybridized carbons (Fsp3) is 0.333. The van der Waals surface area contributed by atoms with Gasteiger partial charge in [0.25, 0.3) is 0 Å². The van der Waals surface area contributed by atoms with E-state index < -0.39 is 0 Å². The first-order valence-electron chi connectivity index (χ1n) is 9.17. The van der Waals surface area contributed by atoms with Crippen LogP contribution in [0, 0.1) is 0 Å². The first kappa shape index (κ1) is 17.1. The summed E-state index contributed by atoms with van der Waals surface area (Å²) in [7, 11) is 0. The molecule has 0 unspecified atom stereocenters. The Hall–Kier alpha value is -2.33. The lowest BCUT2D eigenvalue weighted by atomic mass is 10.1. The summed E-state index contributed by atoms with van der Waals surface area (Å²) in [5, 5.41) is 9.60. The molecule has 1 fully saturated rings. The van der Waals surface area contributed by atoms with Gasteiger partial charge in [-0.05, 0) is 38.0 Å². The Kier molecular flexibility index (Phi) is 4.68. The fourth-order valence-corrected chi connectivity index (χ4v) is 3.89. The van der Waals surface area contributed by atoms with Gasteiger partial charge >= 0.3 is 0 Å². The first-order chi connectivity index (χ1) is 12.6. The minimum absolute atomic E-state index is 0.0239. The molecule has 0 bridgehead atoms. The highest BCUT2D eigenvalue weighted by atomic mass is 35.5. The van der Waals surface area contributed by atoms with Gasteiger partial charge in [0.05, 0.1) is 5.52 Å². The van der Waals surface area contributed by atoms with E-state index in [1.165, 1.54) is 12.8 Å². The van der Waals surface area contributed by atoms with E-state index >= 15 is 0 Å². The number of hydrogen-bond donors (Lipinski definition) is 1. The van der Waals surface area contributed by atoms with Crippen LogP contribution >= 0.6 is 11.6 Å². The molecule has 1 aliphatic carbocycles. The molecule has 1 saturated carbocycles. The molecule has 5 heteroatoms. The van der Waals surface area contributed by atoms with Crippen molar-refractivity contribution in [1.82, 2.24) is 15.1 Å². The number of carbonyl (C=O) groups excluding carboxylic acids is 1. The molecule has 2 aromatic carbocycles. The van der Waals surface area contributed by atoms with Gasteiger partial charge in [-0.2, -0.15) is 5.10 Å². The van der Waals surface area contributed by atoms with E-state index in [1.807, 2.05) is 60.1 Å². The van der Waals surface area contributed by atoms with E-state index in [9.17, 15) is 4.79 Å². The molecule has 4 nitrogen and oxygen atoms in total. The van der Waals surface area contributed by atoms with Crippen molar-refractivity contribution >= 4 is 28.4 Å². The van der Waals surface area contributed by atoms with Gasteiger partial charge < -0.3 is 5.32 Å². The highest BCUT2D eigenvalue weighted by Gasteiger charge is 2.24. The summed E-state index contributed by atoms with van der Waals surface area (Å²) in [5.74, 6) is 0.0239. The summed E-state index contributed by atoms with van der Waals surface area (Å²) in [4.78, 5) is 12.8. The molecule has 1 aliphatic rings. The molecule has 26 heavy (non-hydrogen) atoms. The number of nitrogens with one attached hydrogen (secondary N) is 1. The molecule has 3 aromatic rings. The van der Waals surface area contributed by atoms with Gasteiger partial charge in [-0.25, -0.2) is 0 Å². The van der Waals surface area contributed by atoms with Crippen LogP contribution in [0.2, 0.25) is 5.02 Å². The normalized spacial score (nSPS) is 16.1. The number of nitrogens with zero attached hydrogens (tertiary/aromatic N) is 2. The molecule has 1 atom stereocenters. The largest absolute Gasteiger partial charge is 0.352 e. The SMILES string of the molecule is C[C@H](C(=O)NC1CCCC1)n1nc(-c2ccccc2)c2cc(Cl)ccc21. The average molecular weight is 368 g/mol. The molecule has 134 valence electrons. The van der Waals surface area contributed by atoms with Crippen molar-refractivity contribution in [1.29, 1.82) is 0 Å². The molecule has 0 saturated heterocycles. The number of halogens is 1. The molecule has 0 spiro atoms. The summed E-state index contributed by atoms with van der Waals surface area (Å²) in [6.45, 7) is 1.90. The summed E-state index contributed by atoms with van der Waals surface area (Å²) in [6, 6.07) is 15.6. The third-order valence-corrected chi connectivity index (χ3v) is 5.40. The molecule has 1 aromatic heterocycles. The maximum atomic E-state index is 12.8. The zero-order valence-corrected chi connectivity index (χ0v) is 15.5. The Morgan fingerprint density at radius 1 is 1.19 bits per heavy atom. The summed E-state index contributed by atoms with van der Waals surface area (Å²) in [5.41, 5.74) is 2.79. The zero-order valence-electron chi connectivity index (χ0n) is 14.8. The van der Waals surface area contributed by atoms with E-state index in [1.54, 1.807) is 0 Å². The number of fused-ring (bicyclic) bond motifs is 1. The van der Waals surface area contributed by atoms with Crippen molar-refractivity contribution in [3.63, 3.8) is 0 Å². The number of benzene rings is 2. The minimum atomic E-state index is -0.378. The highest BCUT2D eigenvalue weighted by Crippen LogP contribution is 2.32. The number of carbonyl (C=O) groups is 1. The second-order valence-corrected chi connectivity index (χ2v) is 7.42. The van der Waals surface area contributed by atoms with Crippen molar-refractivity contribution in [3.8, 4) is 11.3 Å². The van der Waals surface area contributed by atoms with Crippen LogP contribution < -0.4 is 5.32 Å². The maximum Gasteiger partial charge on any atom is 0.244 e. The standard InChI is InChI=1S/C21H22ClN3O/c1-14(21(26)23-17-9-5-6-10-17)25-19-12-11-16(22)13-18(19)20(24-25)15-7-3-2-4-8-15/h2-4,7-8,11-14,17H,5-6,9-10H2,1H3,(H,23,26)/t14-/m1/s1. The van der Waals surface area contributed by atoms with E-state index in [2.05, 4.69) is 5.32 Å². The van der Waals surface area contributed by atoms with Crippen molar-refractivity contribution in [3.05, 3.63) is 53.6 Å². The smallest absolute Gasteiger partial charge is 0.244 e. The van der Waals surface area contributed by atoms with Crippen LogP contribution in [-0.2, 0) is 4.79 Å². The molecular weight excluding hydrogens is 346 g/mol. The Morgan fingerprint density at radius 2 is 1.92 bits per heavy atom. The molecular formula is C21H22ClN3O.